The molecule has 0 radical (unpaired) electrons. The van der Waals surface area contributed by atoms with Crippen LogP contribution in [0.4, 0.5) is 5.82 Å². The lowest BCUT2D eigenvalue weighted by Gasteiger charge is -2.09. The zero-order valence-corrected chi connectivity index (χ0v) is 12.2. The van der Waals surface area contributed by atoms with E-state index in [1.54, 1.807) is 11.3 Å². The predicted octanol–water partition coefficient (Wildman–Crippen LogP) is 3.50. The van der Waals surface area contributed by atoms with Crippen molar-refractivity contribution in [1.82, 2.24) is 9.97 Å². The number of nitrogens with one attached hydrogen (secondary N) is 1. The van der Waals surface area contributed by atoms with Crippen molar-refractivity contribution >= 4 is 17.2 Å². The van der Waals surface area contributed by atoms with Crippen molar-refractivity contribution in [3.63, 3.8) is 0 Å². The maximum absolute atomic E-state index is 5.74. The fraction of sp³-hybridized carbons (Fsp3) is 0.429. The third kappa shape index (κ3) is 4.21. The zero-order chi connectivity index (χ0) is 13.5. The molecule has 0 atom stereocenters. The van der Waals surface area contributed by atoms with E-state index in [2.05, 4.69) is 28.3 Å². The fourth-order valence-electron chi connectivity index (χ4n) is 1.69. The van der Waals surface area contributed by atoms with E-state index in [4.69, 9.17) is 4.74 Å². The van der Waals surface area contributed by atoms with Gasteiger partial charge < -0.3 is 10.1 Å². The molecule has 19 heavy (non-hydrogen) atoms. The van der Waals surface area contributed by atoms with Crippen molar-refractivity contribution in [2.45, 2.75) is 33.3 Å². The molecule has 5 heteroatoms. The van der Waals surface area contributed by atoms with Gasteiger partial charge in [-0.05, 0) is 24.8 Å². The molecule has 0 unspecified atom stereocenters. The molecule has 2 aromatic rings. The van der Waals surface area contributed by atoms with Gasteiger partial charge in [-0.2, -0.15) is 4.98 Å². The summed E-state index contributed by atoms with van der Waals surface area (Å²) in [5.41, 5.74) is 0. The van der Waals surface area contributed by atoms with Crippen LogP contribution >= 0.6 is 11.3 Å². The Morgan fingerprint density at radius 3 is 2.89 bits per heavy atom. The van der Waals surface area contributed by atoms with Gasteiger partial charge in [0.05, 0.1) is 0 Å². The molecule has 0 amide bonds. The fourth-order valence-corrected chi connectivity index (χ4v) is 2.31. The predicted molar refractivity (Wildman–Crippen MR) is 78.8 cm³/mol. The largest absolute Gasteiger partial charge is 0.472 e. The molecule has 0 aliphatic carbocycles. The minimum atomic E-state index is 0.561. The Hall–Kier alpha value is -1.62. The van der Waals surface area contributed by atoms with Crippen molar-refractivity contribution in [2.75, 3.05) is 11.9 Å². The smallest absolute Gasteiger partial charge is 0.219 e. The van der Waals surface area contributed by atoms with Crippen LogP contribution in [0.25, 0.3) is 0 Å². The highest BCUT2D eigenvalue weighted by Crippen LogP contribution is 2.17. The van der Waals surface area contributed by atoms with Crippen LogP contribution in [-0.4, -0.2) is 16.5 Å². The summed E-state index contributed by atoms with van der Waals surface area (Å²) in [5.74, 6) is 2.31. The van der Waals surface area contributed by atoms with Gasteiger partial charge in [0, 0.05) is 23.9 Å². The van der Waals surface area contributed by atoms with Crippen molar-refractivity contribution in [3.05, 3.63) is 34.3 Å². The molecule has 0 bridgehead atoms. The molecule has 0 fully saturated rings. The Balaban J connectivity index is 2.08. The summed E-state index contributed by atoms with van der Waals surface area (Å²) in [5, 5.41) is 5.26. The average Bonchev–Trinajstić information content (AvgIpc) is 2.90. The van der Waals surface area contributed by atoms with Crippen molar-refractivity contribution < 1.29 is 4.74 Å². The first-order valence-electron chi connectivity index (χ1n) is 6.58. The van der Waals surface area contributed by atoms with Crippen LogP contribution in [-0.2, 0) is 13.0 Å². The molecule has 0 aliphatic rings. The second kappa shape index (κ2) is 7.09. The Kier molecular flexibility index (Phi) is 5.15. The van der Waals surface area contributed by atoms with Crippen LogP contribution < -0.4 is 10.1 Å². The molecule has 0 aliphatic heterocycles. The lowest BCUT2D eigenvalue weighted by Crippen LogP contribution is -2.06. The highest BCUT2D eigenvalue weighted by molar-refractivity contribution is 7.09. The summed E-state index contributed by atoms with van der Waals surface area (Å²) < 4.78 is 5.74. The summed E-state index contributed by atoms with van der Waals surface area (Å²) in [6.07, 6.45) is 1.90. The monoisotopic (exact) mass is 277 g/mol. The van der Waals surface area contributed by atoms with Crippen molar-refractivity contribution in [3.8, 4) is 5.88 Å². The molecule has 2 rings (SSSR count). The summed E-state index contributed by atoms with van der Waals surface area (Å²) in [6, 6.07) is 5.94. The van der Waals surface area contributed by atoms with E-state index >= 15 is 0 Å². The van der Waals surface area contributed by atoms with E-state index < -0.39 is 0 Å². The van der Waals surface area contributed by atoms with Crippen molar-refractivity contribution in [1.29, 1.82) is 0 Å². The maximum atomic E-state index is 5.74. The zero-order valence-electron chi connectivity index (χ0n) is 11.3. The second-order valence-electron chi connectivity index (χ2n) is 4.16. The number of nitrogens with zero attached hydrogens (tertiary/aromatic N) is 2. The Labute approximate surface area is 117 Å². The molecule has 4 nitrogen and oxygen atoms in total. The first-order chi connectivity index (χ1) is 9.31. The molecule has 0 aromatic carbocycles. The molecular formula is C14H19N3OS. The van der Waals surface area contributed by atoms with Gasteiger partial charge in [-0.15, -0.1) is 11.3 Å². The van der Waals surface area contributed by atoms with Crippen LogP contribution in [0.1, 0.15) is 31.0 Å². The Bertz CT molecular complexity index is 475. The highest BCUT2D eigenvalue weighted by atomic mass is 32.1. The Morgan fingerprint density at radius 1 is 1.32 bits per heavy atom. The lowest BCUT2D eigenvalue weighted by atomic mass is 10.3. The van der Waals surface area contributed by atoms with Crippen LogP contribution in [0.5, 0.6) is 5.88 Å². The van der Waals surface area contributed by atoms with E-state index in [9.17, 15) is 0 Å². The van der Waals surface area contributed by atoms with Gasteiger partial charge >= 0.3 is 0 Å². The topological polar surface area (TPSA) is 47.0 Å². The number of aryl methyl sites for hydroxylation is 1. The van der Waals surface area contributed by atoms with Gasteiger partial charge in [0.25, 0.3) is 0 Å². The molecular weight excluding hydrogens is 258 g/mol. The maximum Gasteiger partial charge on any atom is 0.219 e. The van der Waals surface area contributed by atoms with Gasteiger partial charge in [0.2, 0.25) is 5.88 Å². The normalized spacial score (nSPS) is 10.4. The van der Waals surface area contributed by atoms with Crippen LogP contribution in [0.2, 0.25) is 0 Å². The molecule has 102 valence electrons. The Morgan fingerprint density at radius 2 is 2.21 bits per heavy atom. The number of hydrogen-bond acceptors (Lipinski definition) is 5. The third-order valence-corrected chi connectivity index (χ3v) is 3.37. The molecule has 0 saturated heterocycles. The highest BCUT2D eigenvalue weighted by Gasteiger charge is 2.05. The number of aromatic nitrogens is 2. The number of rotatable bonds is 7. The lowest BCUT2D eigenvalue weighted by molar-refractivity contribution is 0.295. The van der Waals surface area contributed by atoms with E-state index in [0.29, 0.717) is 12.5 Å². The number of thiophene rings is 1. The number of hydrogen-bond donors (Lipinski definition) is 1. The SMILES string of the molecule is CCCc1nc(NCC)cc(OCc2cccs2)n1. The van der Waals surface area contributed by atoms with Crippen molar-refractivity contribution in [2.24, 2.45) is 0 Å². The van der Waals surface area contributed by atoms with Gasteiger partial charge in [0.1, 0.15) is 18.2 Å². The van der Waals surface area contributed by atoms with Crippen LogP contribution in [0.3, 0.4) is 0 Å². The van der Waals surface area contributed by atoms with E-state index in [0.717, 1.165) is 31.0 Å². The standard InChI is InChI=1S/C14H19N3OS/c1-3-6-12-16-13(15-4-2)9-14(17-12)18-10-11-7-5-8-19-11/h5,7-9H,3-4,6,10H2,1-2H3,(H,15,16,17). The van der Waals surface area contributed by atoms with Gasteiger partial charge in [-0.3, -0.25) is 0 Å². The molecule has 2 heterocycles. The molecule has 0 saturated carbocycles. The summed E-state index contributed by atoms with van der Waals surface area (Å²) in [6.45, 7) is 5.57. The first kappa shape index (κ1) is 13.8. The van der Waals surface area contributed by atoms with Gasteiger partial charge in [-0.25, -0.2) is 4.98 Å². The third-order valence-electron chi connectivity index (χ3n) is 2.52. The number of ether oxygens (including phenoxy) is 1. The molecule has 0 spiro atoms. The first-order valence-corrected chi connectivity index (χ1v) is 7.46. The van der Waals surface area contributed by atoms with E-state index in [1.807, 2.05) is 24.4 Å². The summed E-state index contributed by atoms with van der Waals surface area (Å²) >= 11 is 1.69. The second-order valence-corrected chi connectivity index (χ2v) is 5.19. The van der Waals surface area contributed by atoms with E-state index in [1.165, 1.54) is 4.88 Å². The molecule has 2 aromatic heterocycles. The van der Waals surface area contributed by atoms with E-state index in [-0.39, 0.29) is 0 Å². The summed E-state index contributed by atoms with van der Waals surface area (Å²) in [4.78, 5) is 10.1. The van der Waals surface area contributed by atoms with Gasteiger partial charge in [0.15, 0.2) is 0 Å². The van der Waals surface area contributed by atoms with Crippen LogP contribution in [0.15, 0.2) is 23.6 Å². The quantitative estimate of drug-likeness (QED) is 0.841. The number of anilines is 1. The van der Waals surface area contributed by atoms with Gasteiger partial charge in [-0.1, -0.05) is 13.0 Å². The van der Waals surface area contributed by atoms with Crippen LogP contribution in [0, 0.1) is 0 Å². The molecule has 1 N–H and O–H groups in total. The summed E-state index contributed by atoms with van der Waals surface area (Å²) in [7, 11) is 0. The minimum Gasteiger partial charge on any atom is -0.472 e. The average molecular weight is 277 g/mol. The minimum absolute atomic E-state index is 0.561.